The van der Waals surface area contributed by atoms with Gasteiger partial charge in [0, 0.05) is 18.5 Å². The van der Waals surface area contributed by atoms with Gasteiger partial charge in [0.25, 0.3) is 0 Å². The predicted molar refractivity (Wildman–Crippen MR) is 55.4 cm³/mol. The second-order valence-corrected chi connectivity index (χ2v) is 3.22. The maximum absolute atomic E-state index is 5.79. The van der Waals surface area contributed by atoms with Crippen molar-refractivity contribution in [1.29, 1.82) is 0 Å². The Hall–Kier alpha value is -0.790. The molecular formula is C10H20N2. The Labute approximate surface area is 75.6 Å². The highest BCUT2D eigenvalue weighted by Gasteiger charge is 2.11. The van der Waals surface area contributed by atoms with Gasteiger partial charge < -0.3 is 5.73 Å². The lowest BCUT2D eigenvalue weighted by Crippen LogP contribution is -2.13. The molecule has 0 heterocycles. The number of aliphatic imine (C=N–C) groups is 1. The van der Waals surface area contributed by atoms with E-state index in [0.717, 1.165) is 17.8 Å². The average molecular weight is 168 g/mol. The van der Waals surface area contributed by atoms with Crippen LogP contribution in [0.15, 0.2) is 16.3 Å². The third-order valence-corrected chi connectivity index (χ3v) is 2.26. The van der Waals surface area contributed by atoms with Crippen molar-refractivity contribution in [2.75, 3.05) is 7.05 Å². The number of hydrogen-bond acceptors (Lipinski definition) is 2. The van der Waals surface area contributed by atoms with Crippen molar-refractivity contribution in [3.63, 3.8) is 0 Å². The lowest BCUT2D eigenvalue weighted by atomic mass is 9.93. The molecule has 2 heteroatoms. The van der Waals surface area contributed by atoms with Gasteiger partial charge in [-0.15, -0.1) is 0 Å². The second kappa shape index (κ2) is 4.96. The molecule has 1 unspecified atom stereocenters. The first-order valence-corrected chi connectivity index (χ1v) is 4.44. The van der Waals surface area contributed by atoms with E-state index in [0.29, 0.717) is 5.92 Å². The summed E-state index contributed by atoms with van der Waals surface area (Å²) in [7, 11) is 1.81. The van der Waals surface area contributed by atoms with Crippen LogP contribution in [-0.2, 0) is 0 Å². The fraction of sp³-hybridized carbons (Fsp3) is 0.700. The number of hydrogen-bond donors (Lipinski definition) is 1. The van der Waals surface area contributed by atoms with E-state index >= 15 is 0 Å². The van der Waals surface area contributed by atoms with E-state index in [2.05, 4.69) is 18.8 Å². The number of nitrogens with zero attached hydrogens (tertiary/aromatic N) is 1. The molecule has 0 aliphatic rings. The third kappa shape index (κ3) is 2.68. The minimum atomic E-state index is 0.513. The molecule has 70 valence electrons. The Morgan fingerprint density at radius 1 is 1.42 bits per heavy atom. The van der Waals surface area contributed by atoms with Crippen LogP contribution in [-0.4, -0.2) is 12.8 Å². The Bertz CT molecular complexity index is 198. The van der Waals surface area contributed by atoms with Crippen molar-refractivity contribution in [2.45, 2.75) is 34.1 Å². The van der Waals surface area contributed by atoms with E-state index < -0.39 is 0 Å². The normalized spacial score (nSPS) is 17.2. The first-order valence-electron chi connectivity index (χ1n) is 4.44. The van der Waals surface area contributed by atoms with Crippen LogP contribution in [0.3, 0.4) is 0 Å². The van der Waals surface area contributed by atoms with Crippen LogP contribution in [0.25, 0.3) is 0 Å². The van der Waals surface area contributed by atoms with Gasteiger partial charge in [0.1, 0.15) is 0 Å². The molecule has 0 aliphatic carbocycles. The minimum absolute atomic E-state index is 0.513. The Morgan fingerprint density at radius 2 is 1.92 bits per heavy atom. The molecule has 0 aromatic heterocycles. The largest absolute Gasteiger partial charge is 0.402 e. The summed E-state index contributed by atoms with van der Waals surface area (Å²) < 4.78 is 0. The summed E-state index contributed by atoms with van der Waals surface area (Å²) in [5.41, 5.74) is 8.95. The zero-order chi connectivity index (χ0) is 9.72. The van der Waals surface area contributed by atoms with E-state index in [9.17, 15) is 0 Å². The molecular weight excluding hydrogens is 148 g/mol. The van der Waals surface area contributed by atoms with Crippen molar-refractivity contribution >= 4 is 5.71 Å². The molecule has 0 saturated heterocycles. The van der Waals surface area contributed by atoms with Gasteiger partial charge in [0.15, 0.2) is 0 Å². The van der Waals surface area contributed by atoms with Crippen LogP contribution >= 0.6 is 0 Å². The monoisotopic (exact) mass is 168 g/mol. The van der Waals surface area contributed by atoms with E-state index in [1.54, 1.807) is 7.05 Å². The lowest BCUT2D eigenvalue weighted by molar-refractivity contribution is 0.669. The molecule has 1 atom stereocenters. The molecule has 0 saturated carbocycles. The fourth-order valence-electron chi connectivity index (χ4n) is 1.36. The highest BCUT2D eigenvalue weighted by Crippen LogP contribution is 2.17. The second-order valence-electron chi connectivity index (χ2n) is 3.22. The van der Waals surface area contributed by atoms with E-state index in [1.165, 1.54) is 5.57 Å². The third-order valence-electron chi connectivity index (χ3n) is 2.26. The molecule has 0 spiro atoms. The van der Waals surface area contributed by atoms with Crippen LogP contribution in [0.2, 0.25) is 0 Å². The summed E-state index contributed by atoms with van der Waals surface area (Å²) in [6.07, 6.45) is 1.11. The van der Waals surface area contributed by atoms with E-state index in [4.69, 9.17) is 5.73 Å². The molecule has 0 aromatic carbocycles. The molecule has 0 fully saturated rings. The quantitative estimate of drug-likeness (QED) is 0.645. The van der Waals surface area contributed by atoms with Crippen LogP contribution in [0.5, 0.6) is 0 Å². The van der Waals surface area contributed by atoms with Crippen molar-refractivity contribution in [1.82, 2.24) is 0 Å². The Balaban J connectivity index is 4.83. The molecule has 0 rings (SSSR count). The van der Waals surface area contributed by atoms with Gasteiger partial charge in [-0.1, -0.05) is 13.8 Å². The molecule has 12 heavy (non-hydrogen) atoms. The first kappa shape index (κ1) is 11.2. The zero-order valence-corrected chi connectivity index (χ0v) is 8.81. The summed E-state index contributed by atoms with van der Waals surface area (Å²) in [5.74, 6) is 0.513. The van der Waals surface area contributed by atoms with Crippen molar-refractivity contribution < 1.29 is 0 Å². The Kier molecular flexibility index (Phi) is 4.64. The van der Waals surface area contributed by atoms with Gasteiger partial charge in [-0.05, 0) is 31.8 Å². The number of nitrogens with two attached hydrogens (primary N) is 1. The smallest absolute Gasteiger partial charge is 0.0365 e. The summed E-state index contributed by atoms with van der Waals surface area (Å²) in [6.45, 7) is 8.30. The number of rotatable bonds is 3. The summed E-state index contributed by atoms with van der Waals surface area (Å²) >= 11 is 0. The molecule has 0 radical (unpaired) electrons. The minimum Gasteiger partial charge on any atom is -0.402 e. The van der Waals surface area contributed by atoms with E-state index in [-0.39, 0.29) is 0 Å². The topological polar surface area (TPSA) is 38.4 Å². The van der Waals surface area contributed by atoms with Crippen LogP contribution < -0.4 is 5.73 Å². The maximum atomic E-state index is 5.79. The van der Waals surface area contributed by atoms with E-state index in [1.807, 2.05) is 13.8 Å². The van der Waals surface area contributed by atoms with Gasteiger partial charge in [0.05, 0.1) is 0 Å². The molecule has 0 aromatic rings. The van der Waals surface area contributed by atoms with Crippen molar-refractivity contribution in [3.05, 3.63) is 11.3 Å². The summed E-state index contributed by atoms with van der Waals surface area (Å²) in [6, 6.07) is 0. The molecule has 0 bridgehead atoms. The van der Waals surface area contributed by atoms with Gasteiger partial charge >= 0.3 is 0 Å². The van der Waals surface area contributed by atoms with Gasteiger partial charge in [-0.3, -0.25) is 4.99 Å². The lowest BCUT2D eigenvalue weighted by Gasteiger charge is -2.15. The molecule has 0 amide bonds. The zero-order valence-electron chi connectivity index (χ0n) is 8.81. The standard InChI is InChI=1S/C10H20N2/c1-6-7(2)10(8(3)11)9(4)12-5/h7H,6,11H2,1-5H3. The highest BCUT2D eigenvalue weighted by atomic mass is 14.7. The Morgan fingerprint density at radius 3 is 2.17 bits per heavy atom. The van der Waals surface area contributed by atoms with Crippen molar-refractivity contribution in [2.24, 2.45) is 16.6 Å². The highest BCUT2D eigenvalue weighted by molar-refractivity contribution is 5.99. The fourth-order valence-corrected chi connectivity index (χ4v) is 1.36. The maximum Gasteiger partial charge on any atom is 0.0365 e. The van der Waals surface area contributed by atoms with Gasteiger partial charge in [-0.2, -0.15) is 0 Å². The molecule has 2 nitrogen and oxygen atoms in total. The van der Waals surface area contributed by atoms with Crippen LogP contribution in [0.1, 0.15) is 34.1 Å². The molecule has 0 aliphatic heterocycles. The average Bonchev–Trinajstić information content (AvgIpc) is 2.03. The number of allylic oxidation sites excluding steroid dienone is 2. The van der Waals surface area contributed by atoms with Crippen molar-refractivity contribution in [3.8, 4) is 0 Å². The molecule has 2 N–H and O–H groups in total. The van der Waals surface area contributed by atoms with Crippen LogP contribution in [0, 0.1) is 5.92 Å². The van der Waals surface area contributed by atoms with Gasteiger partial charge in [-0.25, -0.2) is 0 Å². The first-order chi connectivity index (χ1) is 5.54. The summed E-state index contributed by atoms with van der Waals surface area (Å²) in [4.78, 5) is 4.16. The SMILES string of the molecule is CCC(C)C(C(C)=NC)=C(C)N. The van der Waals surface area contributed by atoms with Crippen LogP contribution in [0.4, 0.5) is 0 Å². The predicted octanol–water partition coefficient (Wildman–Crippen LogP) is 2.36. The van der Waals surface area contributed by atoms with Gasteiger partial charge in [0.2, 0.25) is 0 Å². The summed E-state index contributed by atoms with van der Waals surface area (Å²) in [5, 5.41) is 0.